The maximum atomic E-state index is 10.1. The van der Waals surface area contributed by atoms with Crippen molar-refractivity contribution >= 4 is 23.9 Å². The van der Waals surface area contributed by atoms with Crippen LogP contribution >= 0.6 is 0 Å². The number of aliphatic hydroxyl groups excluding tert-OH is 3. The monoisotopic (exact) mass is 462 g/mol. The Kier molecular flexibility index (Phi) is 31.3. The molecule has 0 bridgehead atoms. The molecule has 11 heteroatoms. The Bertz CT molecular complexity index is 546. The van der Waals surface area contributed by atoms with Crippen LogP contribution in [0.15, 0.2) is 49.1 Å². The van der Waals surface area contributed by atoms with Gasteiger partial charge in [-0.25, -0.2) is 19.2 Å². The Labute approximate surface area is 187 Å². The van der Waals surface area contributed by atoms with Gasteiger partial charge in [0, 0.05) is 23.8 Å². The largest absolute Gasteiger partial charge is 0.478 e. The number of rotatable bonds is 10. The van der Waals surface area contributed by atoms with Gasteiger partial charge in [-0.05, 0) is 20.8 Å². The number of carboxylic acid groups (broad SMARTS) is 1. The molecular formula is C21H34O11. The van der Waals surface area contributed by atoms with Crippen LogP contribution in [0.25, 0.3) is 0 Å². The zero-order chi connectivity index (χ0) is 25.9. The zero-order valence-electron chi connectivity index (χ0n) is 18.7. The van der Waals surface area contributed by atoms with Crippen molar-refractivity contribution in [2.24, 2.45) is 0 Å². The molecule has 0 aromatic carbocycles. The first-order chi connectivity index (χ1) is 15.0. The molecule has 0 aliphatic heterocycles. The van der Waals surface area contributed by atoms with E-state index in [2.05, 4.69) is 33.9 Å². The highest BCUT2D eigenvalue weighted by Gasteiger charge is 1.99. The van der Waals surface area contributed by atoms with Crippen LogP contribution < -0.4 is 0 Å². The second kappa shape index (κ2) is 27.7. The summed E-state index contributed by atoms with van der Waals surface area (Å²) >= 11 is 0. The molecule has 0 unspecified atom stereocenters. The van der Waals surface area contributed by atoms with Crippen LogP contribution in [0.5, 0.6) is 0 Å². The molecule has 0 saturated carbocycles. The normalized spacial score (nSPS) is 8.19. The molecular weight excluding hydrogens is 428 g/mol. The lowest BCUT2D eigenvalue weighted by atomic mass is 10.2. The number of allylic oxidation sites excluding steroid dienone is 1. The second-order valence-corrected chi connectivity index (χ2v) is 5.22. The maximum absolute atomic E-state index is 10.1. The van der Waals surface area contributed by atoms with Crippen molar-refractivity contribution in [2.75, 3.05) is 39.6 Å². The highest BCUT2D eigenvalue weighted by molar-refractivity contribution is 5.86. The third kappa shape index (κ3) is 34.2. The molecule has 184 valence electrons. The summed E-state index contributed by atoms with van der Waals surface area (Å²) < 4.78 is 13.0. The van der Waals surface area contributed by atoms with Crippen LogP contribution in [0.1, 0.15) is 20.8 Å². The highest BCUT2D eigenvalue weighted by atomic mass is 16.5. The number of ether oxygens (including phenoxy) is 3. The summed E-state index contributed by atoms with van der Waals surface area (Å²) in [5.41, 5.74) is 1.29. The van der Waals surface area contributed by atoms with Gasteiger partial charge in [-0.15, -0.1) is 0 Å². The van der Waals surface area contributed by atoms with Crippen LogP contribution in [0, 0.1) is 0 Å². The summed E-state index contributed by atoms with van der Waals surface area (Å²) in [6.45, 7) is 14.4. The zero-order valence-corrected chi connectivity index (χ0v) is 18.7. The minimum Gasteiger partial charge on any atom is -0.478 e. The topological polar surface area (TPSA) is 177 Å². The van der Waals surface area contributed by atoms with Crippen molar-refractivity contribution in [3.63, 3.8) is 0 Å². The van der Waals surface area contributed by atoms with Gasteiger partial charge >= 0.3 is 23.9 Å². The molecule has 0 aliphatic carbocycles. The molecule has 0 aromatic rings. The molecule has 0 aliphatic rings. The van der Waals surface area contributed by atoms with E-state index in [9.17, 15) is 19.2 Å². The summed E-state index contributed by atoms with van der Waals surface area (Å²) in [4.78, 5) is 40.4. The van der Waals surface area contributed by atoms with E-state index in [4.69, 9.17) is 20.4 Å². The Morgan fingerprint density at radius 2 is 0.906 bits per heavy atom. The minimum atomic E-state index is -0.829. The van der Waals surface area contributed by atoms with Gasteiger partial charge in [-0.1, -0.05) is 25.3 Å². The molecule has 0 atom stereocenters. The lowest BCUT2D eigenvalue weighted by Crippen LogP contribution is -2.04. The minimum absolute atomic E-state index is 0.0465. The first-order valence-electron chi connectivity index (χ1n) is 9.06. The Morgan fingerprint density at radius 3 is 1.00 bits per heavy atom. The first kappa shape index (κ1) is 36.1. The van der Waals surface area contributed by atoms with Gasteiger partial charge in [0.15, 0.2) is 0 Å². The molecule has 0 fully saturated rings. The van der Waals surface area contributed by atoms with Gasteiger partial charge in [0.25, 0.3) is 0 Å². The van der Waals surface area contributed by atoms with E-state index in [0.717, 1.165) is 23.8 Å². The highest BCUT2D eigenvalue weighted by Crippen LogP contribution is 1.99. The quantitative estimate of drug-likeness (QED) is 0.202. The van der Waals surface area contributed by atoms with E-state index in [1.54, 1.807) is 20.8 Å². The van der Waals surface area contributed by atoms with Crippen molar-refractivity contribution in [3.8, 4) is 0 Å². The van der Waals surface area contributed by atoms with Crippen LogP contribution in [-0.2, 0) is 33.4 Å². The average Bonchev–Trinajstić information content (AvgIpc) is 2.79. The van der Waals surface area contributed by atoms with E-state index in [-0.39, 0.29) is 39.6 Å². The molecule has 32 heavy (non-hydrogen) atoms. The summed E-state index contributed by atoms with van der Waals surface area (Å²) in [5.74, 6) is -2.33. The van der Waals surface area contributed by atoms with Crippen LogP contribution in [0.4, 0.5) is 0 Å². The van der Waals surface area contributed by atoms with Crippen molar-refractivity contribution in [2.45, 2.75) is 20.8 Å². The number of aliphatic hydroxyl groups is 3. The number of aliphatic carboxylic acids is 1. The van der Waals surface area contributed by atoms with Crippen molar-refractivity contribution in [3.05, 3.63) is 49.1 Å². The number of carbonyl (C=O) groups is 4. The molecule has 4 N–H and O–H groups in total. The van der Waals surface area contributed by atoms with Crippen molar-refractivity contribution < 1.29 is 53.8 Å². The Balaban J connectivity index is -0.000000163. The fourth-order valence-electron chi connectivity index (χ4n) is 0.829. The third-order valence-electron chi connectivity index (χ3n) is 2.58. The van der Waals surface area contributed by atoms with E-state index in [0.29, 0.717) is 5.57 Å². The Morgan fingerprint density at radius 1 is 0.656 bits per heavy atom. The van der Waals surface area contributed by atoms with Crippen molar-refractivity contribution in [1.29, 1.82) is 0 Å². The predicted molar refractivity (Wildman–Crippen MR) is 116 cm³/mol. The average molecular weight is 462 g/mol. The first-order valence-corrected chi connectivity index (χ1v) is 9.06. The van der Waals surface area contributed by atoms with Gasteiger partial charge in [0.05, 0.1) is 19.8 Å². The fraction of sp³-hybridized carbons (Fsp3) is 0.429. The summed E-state index contributed by atoms with van der Waals surface area (Å²) in [5, 5.41) is 32.6. The lowest BCUT2D eigenvalue weighted by Gasteiger charge is -1.94. The predicted octanol–water partition coefficient (Wildman–Crippen LogP) is 0.551. The molecule has 0 heterocycles. The molecule has 0 amide bonds. The van der Waals surface area contributed by atoms with Crippen LogP contribution in [0.2, 0.25) is 0 Å². The number of esters is 3. The number of hydrogen-bond acceptors (Lipinski definition) is 10. The second-order valence-electron chi connectivity index (χ2n) is 5.22. The van der Waals surface area contributed by atoms with E-state index in [1.165, 1.54) is 0 Å². The lowest BCUT2D eigenvalue weighted by molar-refractivity contribution is -0.139. The van der Waals surface area contributed by atoms with Gasteiger partial charge in [-0.2, -0.15) is 0 Å². The molecule has 0 saturated heterocycles. The Hall–Kier alpha value is -3.28. The van der Waals surface area contributed by atoms with Gasteiger partial charge in [0.2, 0.25) is 0 Å². The fourth-order valence-corrected chi connectivity index (χ4v) is 0.829. The number of carboxylic acids is 1. The smallest absolute Gasteiger partial charge is 0.331 e. The molecule has 0 radical (unpaired) electrons. The maximum Gasteiger partial charge on any atom is 0.331 e. The molecule has 11 nitrogen and oxygen atoms in total. The number of carbonyl (C=O) groups excluding carboxylic acids is 3. The third-order valence-corrected chi connectivity index (χ3v) is 2.58. The molecule has 0 spiro atoms. The number of hydrogen-bond donors (Lipinski definition) is 4. The summed E-state index contributed by atoms with van der Waals surface area (Å²) in [6.07, 6.45) is 3.15. The summed E-state index contributed by atoms with van der Waals surface area (Å²) in [7, 11) is 0. The van der Waals surface area contributed by atoms with Gasteiger partial charge in [-0.3, -0.25) is 0 Å². The standard InChI is InChI=1S/C6H10O2.3C5H8O3/c1-4(2)5(3)6(7)8;3*1-2-5(7)8-4-3-6/h1-3H3,(H,7,8);3*2,6H,1,3-4H2. The van der Waals surface area contributed by atoms with Gasteiger partial charge in [0.1, 0.15) is 19.8 Å². The van der Waals surface area contributed by atoms with E-state index in [1.807, 2.05) is 0 Å². The SMILES string of the molecule is C=CC(=O)OCCO.C=CC(=O)OCCO.C=CC(=O)OCCO.CC(C)=C(C)C(=O)O. The summed E-state index contributed by atoms with van der Waals surface area (Å²) in [6, 6.07) is 0. The molecule has 0 aromatic heterocycles. The van der Waals surface area contributed by atoms with Gasteiger partial charge < -0.3 is 34.6 Å². The van der Waals surface area contributed by atoms with Crippen LogP contribution in [0.3, 0.4) is 0 Å². The van der Waals surface area contributed by atoms with E-state index >= 15 is 0 Å². The van der Waals surface area contributed by atoms with Crippen molar-refractivity contribution in [1.82, 2.24) is 0 Å². The van der Waals surface area contributed by atoms with E-state index < -0.39 is 23.9 Å². The van der Waals surface area contributed by atoms with Crippen LogP contribution in [-0.4, -0.2) is 83.9 Å². The molecule has 0 rings (SSSR count).